The lowest BCUT2D eigenvalue weighted by Gasteiger charge is -1.96. The van der Waals surface area contributed by atoms with E-state index in [1.165, 1.54) is 0 Å². The molecule has 6 heteroatoms. The molecule has 1 aromatic rings. The summed E-state index contributed by atoms with van der Waals surface area (Å²) in [5, 5.41) is 14.9. The molecule has 0 spiro atoms. The Hall–Kier alpha value is -1.27. The van der Waals surface area contributed by atoms with Gasteiger partial charge in [0.15, 0.2) is 5.84 Å². The van der Waals surface area contributed by atoms with Crippen molar-refractivity contribution in [2.45, 2.75) is 6.92 Å². The van der Waals surface area contributed by atoms with E-state index >= 15 is 0 Å². The maximum atomic E-state index is 4.90. The number of nitrogens with zero attached hydrogens (tertiary/aromatic N) is 4. The van der Waals surface area contributed by atoms with Crippen molar-refractivity contribution in [2.75, 3.05) is 13.7 Å². The fourth-order valence-corrected chi connectivity index (χ4v) is 1.63. The van der Waals surface area contributed by atoms with Crippen LogP contribution < -0.4 is 5.32 Å². The Bertz CT molecular complexity index is 396. The van der Waals surface area contributed by atoms with E-state index in [0.717, 1.165) is 10.7 Å². The Balaban J connectivity index is 2.05. The van der Waals surface area contributed by atoms with Crippen LogP contribution in [0.3, 0.4) is 0 Å². The van der Waals surface area contributed by atoms with Gasteiger partial charge in [-0.3, -0.25) is 0 Å². The van der Waals surface area contributed by atoms with Crippen molar-refractivity contribution in [3.63, 3.8) is 0 Å². The molecule has 2 heterocycles. The number of hydrogen-bond acceptors (Lipinski definition) is 5. The predicted molar refractivity (Wildman–Crippen MR) is 54.8 cm³/mol. The summed E-state index contributed by atoms with van der Waals surface area (Å²) in [7, 11) is 1.60. The van der Waals surface area contributed by atoms with Gasteiger partial charge >= 0.3 is 0 Å². The third kappa shape index (κ3) is 1.80. The van der Waals surface area contributed by atoms with Crippen LogP contribution in [0.15, 0.2) is 15.6 Å². The Morgan fingerprint density at radius 2 is 2.29 bits per heavy atom. The molecule has 0 aromatic carbocycles. The SMILES string of the molecule is COCC1=NN=C(c2csc(C)n2)[N]1. The van der Waals surface area contributed by atoms with Crippen LogP contribution in [0.4, 0.5) is 0 Å². The maximum Gasteiger partial charge on any atom is 0.203 e. The van der Waals surface area contributed by atoms with E-state index in [9.17, 15) is 0 Å². The van der Waals surface area contributed by atoms with Crippen molar-refractivity contribution in [3.05, 3.63) is 16.1 Å². The molecule has 5 nitrogen and oxygen atoms in total. The molecule has 0 aliphatic carbocycles. The summed E-state index contributed by atoms with van der Waals surface area (Å²) in [6.07, 6.45) is 0. The lowest BCUT2D eigenvalue weighted by molar-refractivity contribution is 0.243. The molecule has 0 unspecified atom stereocenters. The fraction of sp³-hybridized carbons (Fsp3) is 0.375. The Labute approximate surface area is 85.5 Å². The van der Waals surface area contributed by atoms with Crippen LogP contribution in [0, 0.1) is 6.92 Å². The van der Waals surface area contributed by atoms with Gasteiger partial charge in [0, 0.05) is 12.5 Å². The largest absolute Gasteiger partial charge is 0.377 e. The third-order valence-corrected chi connectivity index (χ3v) is 2.39. The number of ether oxygens (including phenoxy) is 1. The molecule has 0 N–H and O–H groups in total. The molecule has 0 saturated carbocycles. The third-order valence-electron chi connectivity index (χ3n) is 1.62. The first kappa shape index (κ1) is 9.29. The smallest absolute Gasteiger partial charge is 0.203 e. The molecule has 1 radical (unpaired) electrons. The normalized spacial score (nSPS) is 15.0. The maximum absolute atomic E-state index is 4.90. The van der Waals surface area contributed by atoms with Crippen LogP contribution in [0.5, 0.6) is 0 Å². The highest BCUT2D eigenvalue weighted by atomic mass is 32.1. The Morgan fingerprint density at radius 3 is 2.93 bits per heavy atom. The highest BCUT2D eigenvalue weighted by Crippen LogP contribution is 2.10. The number of amidine groups is 2. The van der Waals surface area contributed by atoms with Gasteiger partial charge in [-0.05, 0) is 6.92 Å². The zero-order valence-electron chi connectivity index (χ0n) is 7.89. The minimum Gasteiger partial charge on any atom is -0.377 e. The van der Waals surface area contributed by atoms with E-state index < -0.39 is 0 Å². The molecule has 0 fully saturated rings. The van der Waals surface area contributed by atoms with Gasteiger partial charge in [-0.1, -0.05) is 0 Å². The standard InChI is InChI=1S/C8H9N4OS/c1-5-9-6(4-14-5)8-10-7(3-13-2)11-12-8/h4H,3H2,1-2H3. The summed E-state index contributed by atoms with van der Waals surface area (Å²) in [5.41, 5.74) is 0.780. The number of hydrogen-bond donors (Lipinski definition) is 0. The van der Waals surface area contributed by atoms with Gasteiger partial charge in [0.05, 0.1) is 5.01 Å². The molecule has 0 amide bonds. The zero-order valence-corrected chi connectivity index (χ0v) is 8.71. The molecular weight excluding hydrogens is 200 g/mol. The van der Waals surface area contributed by atoms with Crippen LogP contribution in [0.1, 0.15) is 10.7 Å². The number of aryl methyl sites for hydroxylation is 1. The molecule has 1 aromatic heterocycles. The van der Waals surface area contributed by atoms with Crippen molar-refractivity contribution in [1.29, 1.82) is 0 Å². The first-order chi connectivity index (χ1) is 6.79. The van der Waals surface area contributed by atoms with Crippen LogP contribution >= 0.6 is 11.3 Å². The Morgan fingerprint density at radius 1 is 1.43 bits per heavy atom. The molecular formula is C8H9N4OS. The van der Waals surface area contributed by atoms with Crippen LogP contribution in [-0.4, -0.2) is 30.4 Å². The van der Waals surface area contributed by atoms with Crippen LogP contribution in [-0.2, 0) is 4.74 Å². The number of aromatic nitrogens is 1. The van der Waals surface area contributed by atoms with E-state index in [-0.39, 0.29) is 0 Å². The minimum absolute atomic E-state index is 0.385. The van der Waals surface area contributed by atoms with Crippen molar-refractivity contribution in [2.24, 2.45) is 10.2 Å². The van der Waals surface area contributed by atoms with Gasteiger partial charge in [0.2, 0.25) is 5.84 Å². The molecule has 0 saturated heterocycles. The topological polar surface area (TPSA) is 60.9 Å². The first-order valence-electron chi connectivity index (χ1n) is 4.07. The van der Waals surface area contributed by atoms with Gasteiger partial charge in [-0.2, -0.15) is 0 Å². The van der Waals surface area contributed by atoms with Crippen LogP contribution in [0.25, 0.3) is 0 Å². The predicted octanol–water partition coefficient (Wildman–Crippen LogP) is 0.776. The summed E-state index contributed by atoms with van der Waals surface area (Å²) >= 11 is 1.57. The van der Waals surface area contributed by atoms with Gasteiger partial charge in [0.1, 0.15) is 12.3 Å². The molecule has 0 bridgehead atoms. The van der Waals surface area contributed by atoms with E-state index in [1.54, 1.807) is 18.4 Å². The number of rotatable bonds is 3. The van der Waals surface area contributed by atoms with Crippen molar-refractivity contribution >= 4 is 23.0 Å². The average Bonchev–Trinajstić information content (AvgIpc) is 2.74. The second-order valence-corrected chi connectivity index (χ2v) is 3.80. The summed E-state index contributed by atoms with van der Waals surface area (Å²) in [6.45, 7) is 2.33. The second kappa shape index (κ2) is 3.85. The summed E-state index contributed by atoms with van der Waals surface area (Å²) in [6, 6.07) is 0. The summed E-state index contributed by atoms with van der Waals surface area (Å²) in [4.78, 5) is 4.27. The second-order valence-electron chi connectivity index (χ2n) is 2.74. The summed E-state index contributed by atoms with van der Waals surface area (Å²) in [5.74, 6) is 1.16. The molecule has 14 heavy (non-hydrogen) atoms. The van der Waals surface area contributed by atoms with Crippen LogP contribution in [0.2, 0.25) is 0 Å². The number of methoxy groups -OCH3 is 1. The summed E-state index contributed by atoms with van der Waals surface area (Å²) < 4.78 is 4.90. The van der Waals surface area contributed by atoms with Gasteiger partial charge in [-0.15, -0.1) is 21.5 Å². The monoisotopic (exact) mass is 209 g/mol. The molecule has 73 valence electrons. The molecule has 1 aliphatic heterocycles. The van der Waals surface area contributed by atoms with Crippen molar-refractivity contribution in [1.82, 2.24) is 10.3 Å². The Kier molecular flexibility index (Phi) is 2.55. The van der Waals surface area contributed by atoms with E-state index in [4.69, 9.17) is 4.74 Å². The highest BCUT2D eigenvalue weighted by Gasteiger charge is 2.17. The average molecular weight is 209 g/mol. The van der Waals surface area contributed by atoms with Gasteiger partial charge in [0.25, 0.3) is 0 Å². The number of thiazole rings is 1. The van der Waals surface area contributed by atoms with Crippen molar-refractivity contribution in [3.8, 4) is 0 Å². The fourth-order valence-electron chi connectivity index (χ4n) is 1.04. The van der Waals surface area contributed by atoms with Crippen molar-refractivity contribution < 1.29 is 4.74 Å². The molecule has 0 atom stereocenters. The van der Waals surface area contributed by atoms with Gasteiger partial charge < -0.3 is 4.74 Å². The minimum atomic E-state index is 0.385. The van der Waals surface area contributed by atoms with E-state index in [2.05, 4.69) is 20.5 Å². The molecule has 2 rings (SSSR count). The lowest BCUT2D eigenvalue weighted by Crippen LogP contribution is -2.23. The quantitative estimate of drug-likeness (QED) is 0.738. The zero-order chi connectivity index (χ0) is 9.97. The lowest BCUT2D eigenvalue weighted by atomic mass is 10.4. The highest BCUT2D eigenvalue weighted by molar-refractivity contribution is 7.09. The van der Waals surface area contributed by atoms with Gasteiger partial charge in [-0.25, -0.2) is 10.3 Å². The molecule has 1 aliphatic rings. The van der Waals surface area contributed by atoms with E-state index in [0.29, 0.717) is 18.3 Å². The first-order valence-corrected chi connectivity index (χ1v) is 4.95. The van der Waals surface area contributed by atoms with E-state index in [1.807, 2.05) is 12.3 Å².